The van der Waals surface area contributed by atoms with Gasteiger partial charge in [-0.05, 0) is 81.0 Å². The molecule has 1 aliphatic carbocycles. The fourth-order valence-corrected chi connectivity index (χ4v) is 3.99. The second-order valence-corrected chi connectivity index (χ2v) is 8.22. The highest BCUT2D eigenvalue weighted by molar-refractivity contribution is 5.92. The lowest BCUT2D eigenvalue weighted by Crippen LogP contribution is -2.09. The fraction of sp³-hybridized carbons (Fsp3) is 0.536. The van der Waals surface area contributed by atoms with Crippen molar-refractivity contribution in [2.75, 3.05) is 6.61 Å². The van der Waals surface area contributed by atoms with E-state index < -0.39 is 0 Å². The summed E-state index contributed by atoms with van der Waals surface area (Å²) in [7, 11) is 0. The van der Waals surface area contributed by atoms with Gasteiger partial charge in [-0.15, -0.1) is 0 Å². The van der Waals surface area contributed by atoms with E-state index in [9.17, 15) is 4.79 Å². The molecule has 0 aliphatic heterocycles. The van der Waals surface area contributed by atoms with Crippen molar-refractivity contribution in [3.05, 3.63) is 70.8 Å². The van der Waals surface area contributed by atoms with Crippen LogP contribution in [0.15, 0.2) is 48.6 Å². The molecule has 0 heterocycles. The Hall–Kier alpha value is -2.09. The minimum atomic E-state index is -0.138. The van der Waals surface area contributed by atoms with Crippen LogP contribution in [-0.2, 0) is 17.6 Å². The predicted octanol–water partition coefficient (Wildman–Crippen LogP) is 7.84. The SMILES string of the molecule is CCC=CCC=CCC=CCCCCCCCCOC(=O)c1ccc2c(C)c1CC2. The standard InChI is InChI=1S/C28H40O2/c1-3-4-5-6-7-8-9-10-11-12-13-14-15-16-17-18-23-30-28(29)27-22-20-25-19-21-26(27)24(25)2/h4-5,7-8,10-11,20,22H,3,6,9,12-19,21,23H2,1-2H3. The largest absolute Gasteiger partial charge is 0.462 e. The minimum absolute atomic E-state index is 0.138. The number of esters is 1. The van der Waals surface area contributed by atoms with Crippen LogP contribution < -0.4 is 0 Å². The number of carbonyl (C=O) groups is 1. The van der Waals surface area contributed by atoms with E-state index in [0.717, 1.165) is 50.5 Å². The lowest BCUT2D eigenvalue weighted by atomic mass is 10.0. The Morgan fingerprint density at radius 2 is 1.53 bits per heavy atom. The molecule has 0 saturated heterocycles. The molecule has 0 aromatic heterocycles. The number of benzene rings is 1. The Morgan fingerprint density at radius 1 is 0.867 bits per heavy atom. The number of aryl methyl sites for hydroxylation is 1. The van der Waals surface area contributed by atoms with E-state index in [1.165, 1.54) is 48.8 Å². The minimum Gasteiger partial charge on any atom is -0.462 e. The summed E-state index contributed by atoms with van der Waals surface area (Å²) < 4.78 is 5.51. The van der Waals surface area contributed by atoms with Gasteiger partial charge in [0.1, 0.15) is 0 Å². The quantitative estimate of drug-likeness (QED) is 0.168. The van der Waals surface area contributed by atoms with Crippen molar-refractivity contribution in [3.8, 4) is 0 Å². The monoisotopic (exact) mass is 408 g/mol. The normalized spacial score (nSPS) is 13.3. The van der Waals surface area contributed by atoms with Gasteiger partial charge in [-0.1, -0.05) is 75.1 Å². The number of rotatable bonds is 15. The van der Waals surface area contributed by atoms with Gasteiger partial charge in [0.15, 0.2) is 0 Å². The summed E-state index contributed by atoms with van der Waals surface area (Å²) in [6.45, 7) is 4.83. The first-order chi connectivity index (χ1) is 14.7. The lowest BCUT2D eigenvalue weighted by molar-refractivity contribution is 0.0496. The van der Waals surface area contributed by atoms with Gasteiger partial charge in [-0.2, -0.15) is 0 Å². The van der Waals surface area contributed by atoms with Gasteiger partial charge in [0, 0.05) is 0 Å². The number of hydrogen-bond donors (Lipinski definition) is 0. The third-order valence-corrected chi connectivity index (χ3v) is 5.85. The highest BCUT2D eigenvalue weighted by atomic mass is 16.5. The first-order valence-corrected chi connectivity index (χ1v) is 12.0. The van der Waals surface area contributed by atoms with Crippen molar-refractivity contribution in [2.45, 2.75) is 90.9 Å². The van der Waals surface area contributed by atoms with Crippen LogP contribution in [0.4, 0.5) is 0 Å². The number of unbranched alkanes of at least 4 members (excludes halogenated alkanes) is 6. The zero-order valence-electron chi connectivity index (χ0n) is 19.1. The molecule has 30 heavy (non-hydrogen) atoms. The molecule has 1 aliphatic rings. The summed E-state index contributed by atoms with van der Waals surface area (Å²) >= 11 is 0. The van der Waals surface area contributed by atoms with Gasteiger partial charge in [0.05, 0.1) is 12.2 Å². The van der Waals surface area contributed by atoms with E-state index in [1.807, 2.05) is 6.07 Å². The smallest absolute Gasteiger partial charge is 0.338 e. The Bertz CT molecular complexity index is 724. The highest BCUT2D eigenvalue weighted by Crippen LogP contribution is 2.28. The van der Waals surface area contributed by atoms with Crippen LogP contribution in [0.2, 0.25) is 0 Å². The number of hydrogen-bond acceptors (Lipinski definition) is 2. The van der Waals surface area contributed by atoms with Crippen molar-refractivity contribution in [2.24, 2.45) is 0 Å². The topological polar surface area (TPSA) is 26.3 Å². The summed E-state index contributed by atoms with van der Waals surface area (Å²) in [6.07, 6.45) is 27.1. The van der Waals surface area contributed by atoms with E-state index in [0.29, 0.717) is 6.61 Å². The molecule has 0 atom stereocenters. The molecule has 0 spiro atoms. The van der Waals surface area contributed by atoms with Gasteiger partial charge in [0.2, 0.25) is 0 Å². The third kappa shape index (κ3) is 8.73. The molecular formula is C28H40O2. The molecule has 1 aromatic carbocycles. The molecule has 2 rings (SSSR count). The molecule has 2 nitrogen and oxygen atoms in total. The van der Waals surface area contributed by atoms with E-state index in [1.54, 1.807) is 0 Å². The van der Waals surface area contributed by atoms with Crippen molar-refractivity contribution < 1.29 is 9.53 Å². The van der Waals surface area contributed by atoms with Gasteiger partial charge in [-0.3, -0.25) is 0 Å². The van der Waals surface area contributed by atoms with Crippen LogP contribution in [0.1, 0.15) is 98.2 Å². The summed E-state index contributed by atoms with van der Waals surface area (Å²) in [4.78, 5) is 12.3. The zero-order chi connectivity index (χ0) is 21.4. The lowest BCUT2D eigenvalue weighted by Gasteiger charge is -2.08. The van der Waals surface area contributed by atoms with Crippen molar-refractivity contribution >= 4 is 5.97 Å². The van der Waals surface area contributed by atoms with Crippen molar-refractivity contribution in [1.29, 1.82) is 0 Å². The van der Waals surface area contributed by atoms with Crippen molar-refractivity contribution in [3.63, 3.8) is 0 Å². The third-order valence-electron chi connectivity index (χ3n) is 5.85. The number of carbonyl (C=O) groups excluding carboxylic acids is 1. The maximum atomic E-state index is 12.3. The summed E-state index contributed by atoms with van der Waals surface area (Å²) in [6, 6.07) is 4.03. The van der Waals surface area contributed by atoms with Gasteiger partial charge in [-0.25, -0.2) is 4.79 Å². The number of allylic oxidation sites excluding steroid dienone is 6. The first kappa shape index (κ1) is 24.2. The van der Waals surface area contributed by atoms with Crippen molar-refractivity contribution in [1.82, 2.24) is 0 Å². The molecule has 0 unspecified atom stereocenters. The molecule has 2 heteroatoms. The fourth-order valence-electron chi connectivity index (χ4n) is 3.99. The maximum absolute atomic E-state index is 12.3. The summed E-state index contributed by atoms with van der Waals surface area (Å²) in [5.74, 6) is -0.138. The zero-order valence-corrected chi connectivity index (χ0v) is 19.1. The van der Waals surface area contributed by atoms with Crippen LogP contribution in [0.3, 0.4) is 0 Å². The molecule has 0 saturated carbocycles. The van der Waals surface area contributed by atoms with Crippen LogP contribution in [0, 0.1) is 6.92 Å². The van der Waals surface area contributed by atoms with Gasteiger partial charge < -0.3 is 4.74 Å². The van der Waals surface area contributed by atoms with Crippen LogP contribution >= 0.6 is 0 Å². The van der Waals surface area contributed by atoms with E-state index >= 15 is 0 Å². The average Bonchev–Trinajstić information content (AvgIpc) is 2.97. The Balaban J connectivity index is 1.41. The molecular weight excluding hydrogens is 368 g/mol. The molecule has 0 N–H and O–H groups in total. The molecule has 0 fully saturated rings. The number of fused-ring (bicyclic) bond motifs is 2. The Kier molecular flexibility index (Phi) is 11.9. The number of ether oxygens (including phenoxy) is 1. The van der Waals surface area contributed by atoms with Crippen LogP contribution in [0.25, 0.3) is 0 Å². The predicted molar refractivity (Wildman–Crippen MR) is 128 cm³/mol. The molecule has 0 amide bonds. The molecule has 164 valence electrons. The summed E-state index contributed by atoms with van der Waals surface area (Å²) in [5, 5.41) is 0. The second-order valence-electron chi connectivity index (χ2n) is 8.22. The maximum Gasteiger partial charge on any atom is 0.338 e. The molecule has 0 radical (unpaired) electrons. The Labute approximate surface area is 184 Å². The molecule has 2 bridgehead atoms. The molecule has 1 aromatic rings. The summed E-state index contributed by atoms with van der Waals surface area (Å²) in [5.41, 5.74) is 4.65. The average molecular weight is 409 g/mol. The van der Waals surface area contributed by atoms with Crippen LogP contribution in [0.5, 0.6) is 0 Å². The van der Waals surface area contributed by atoms with E-state index in [2.05, 4.69) is 56.4 Å². The van der Waals surface area contributed by atoms with Gasteiger partial charge in [0.25, 0.3) is 0 Å². The van der Waals surface area contributed by atoms with E-state index in [4.69, 9.17) is 4.74 Å². The first-order valence-electron chi connectivity index (χ1n) is 12.0. The van der Waals surface area contributed by atoms with E-state index in [-0.39, 0.29) is 5.97 Å². The Morgan fingerprint density at radius 3 is 2.30 bits per heavy atom. The van der Waals surface area contributed by atoms with Gasteiger partial charge >= 0.3 is 5.97 Å². The second kappa shape index (κ2) is 14.8. The van der Waals surface area contributed by atoms with Crippen LogP contribution in [-0.4, -0.2) is 12.6 Å². The highest BCUT2D eigenvalue weighted by Gasteiger charge is 2.21.